The first kappa shape index (κ1) is 15.3. The van der Waals surface area contributed by atoms with Crippen LogP contribution in [0.2, 0.25) is 5.02 Å². The lowest BCUT2D eigenvalue weighted by atomic mass is 10.1. The third-order valence-electron chi connectivity index (χ3n) is 2.72. The maximum absolute atomic E-state index is 11.5. The van der Waals surface area contributed by atoms with Crippen molar-refractivity contribution in [2.45, 2.75) is 19.9 Å². The number of hydrogen-bond acceptors (Lipinski definition) is 2. The van der Waals surface area contributed by atoms with Gasteiger partial charge in [0.05, 0.1) is 5.92 Å². The number of hydrogen-bond donors (Lipinski definition) is 3. The van der Waals surface area contributed by atoms with E-state index in [1.807, 2.05) is 12.1 Å². The number of carbonyl (C=O) groups excluding carboxylic acids is 1. The molecule has 1 atom stereocenters. The topological polar surface area (TPSA) is 78.4 Å². The standard InChI is InChI=1S/C13H17ClN2O3/c1-2-10(12(17)18)8-16-13(19)15-7-9-3-5-11(14)6-4-9/h3-6,10H,2,7-8H2,1H3,(H,17,18)(H2,15,16,19). The Morgan fingerprint density at radius 2 is 1.89 bits per heavy atom. The van der Waals surface area contributed by atoms with Crippen LogP contribution in [0.1, 0.15) is 18.9 Å². The molecular weight excluding hydrogens is 268 g/mol. The predicted molar refractivity (Wildman–Crippen MR) is 73.1 cm³/mol. The molecule has 19 heavy (non-hydrogen) atoms. The molecule has 0 fully saturated rings. The molecular formula is C13H17ClN2O3. The SMILES string of the molecule is CCC(CNC(=O)NCc1ccc(Cl)cc1)C(=O)O. The molecule has 104 valence electrons. The fourth-order valence-electron chi connectivity index (χ4n) is 1.47. The second-order valence-electron chi connectivity index (χ2n) is 4.13. The molecule has 0 heterocycles. The van der Waals surface area contributed by atoms with Crippen LogP contribution in [0.3, 0.4) is 0 Å². The molecule has 1 aromatic rings. The zero-order valence-electron chi connectivity index (χ0n) is 10.6. The molecule has 0 saturated heterocycles. The number of halogens is 1. The van der Waals surface area contributed by atoms with Crippen molar-refractivity contribution in [1.29, 1.82) is 0 Å². The summed E-state index contributed by atoms with van der Waals surface area (Å²) in [6.45, 7) is 2.26. The van der Waals surface area contributed by atoms with Gasteiger partial charge < -0.3 is 15.7 Å². The molecule has 0 aromatic heterocycles. The van der Waals surface area contributed by atoms with Crippen LogP contribution < -0.4 is 10.6 Å². The average Bonchev–Trinajstić information content (AvgIpc) is 2.38. The molecule has 3 N–H and O–H groups in total. The van der Waals surface area contributed by atoms with Gasteiger partial charge in [-0.25, -0.2) is 4.79 Å². The third kappa shape index (κ3) is 5.61. The van der Waals surface area contributed by atoms with E-state index < -0.39 is 11.9 Å². The molecule has 0 saturated carbocycles. The van der Waals surface area contributed by atoms with Crippen LogP contribution in [-0.2, 0) is 11.3 Å². The fourth-order valence-corrected chi connectivity index (χ4v) is 1.60. The van der Waals surface area contributed by atoms with Crippen molar-refractivity contribution >= 4 is 23.6 Å². The minimum atomic E-state index is -0.902. The Labute approximate surface area is 117 Å². The second-order valence-corrected chi connectivity index (χ2v) is 4.57. The Kier molecular flexibility index (Phi) is 6.15. The van der Waals surface area contributed by atoms with Gasteiger partial charge in [-0.15, -0.1) is 0 Å². The van der Waals surface area contributed by atoms with Gasteiger partial charge in [0.1, 0.15) is 0 Å². The first-order valence-corrected chi connectivity index (χ1v) is 6.39. The molecule has 1 rings (SSSR count). The van der Waals surface area contributed by atoms with E-state index in [2.05, 4.69) is 10.6 Å². The van der Waals surface area contributed by atoms with Gasteiger partial charge in [0.25, 0.3) is 0 Å². The molecule has 2 amide bonds. The largest absolute Gasteiger partial charge is 0.481 e. The zero-order valence-corrected chi connectivity index (χ0v) is 11.4. The van der Waals surface area contributed by atoms with Crippen molar-refractivity contribution in [2.75, 3.05) is 6.54 Å². The van der Waals surface area contributed by atoms with Crippen molar-refractivity contribution in [2.24, 2.45) is 5.92 Å². The fraction of sp³-hybridized carbons (Fsp3) is 0.385. The van der Waals surface area contributed by atoms with Gasteiger partial charge in [0, 0.05) is 18.1 Å². The van der Waals surface area contributed by atoms with E-state index in [0.717, 1.165) is 5.56 Å². The van der Waals surface area contributed by atoms with Crippen molar-refractivity contribution in [3.63, 3.8) is 0 Å². The number of carbonyl (C=O) groups is 2. The summed E-state index contributed by atoms with van der Waals surface area (Å²) in [6.07, 6.45) is 0.479. The Morgan fingerprint density at radius 3 is 2.42 bits per heavy atom. The van der Waals surface area contributed by atoms with Gasteiger partial charge >= 0.3 is 12.0 Å². The lowest BCUT2D eigenvalue weighted by Crippen LogP contribution is -2.39. The molecule has 0 radical (unpaired) electrons. The summed E-state index contributed by atoms with van der Waals surface area (Å²) in [5.74, 6) is -1.46. The van der Waals surface area contributed by atoms with E-state index in [1.54, 1.807) is 19.1 Å². The molecule has 0 aliphatic carbocycles. The highest BCUT2D eigenvalue weighted by atomic mass is 35.5. The van der Waals surface area contributed by atoms with Gasteiger partial charge in [-0.2, -0.15) is 0 Å². The monoisotopic (exact) mass is 284 g/mol. The number of benzene rings is 1. The van der Waals surface area contributed by atoms with E-state index >= 15 is 0 Å². The van der Waals surface area contributed by atoms with Crippen molar-refractivity contribution < 1.29 is 14.7 Å². The first-order valence-electron chi connectivity index (χ1n) is 6.02. The molecule has 0 aliphatic heterocycles. The summed E-state index contributed by atoms with van der Waals surface area (Å²) >= 11 is 5.75. The third-order valence-corrected chi connectivity index (χ3v) is 2.97. The van der Waals surface area contributed by atoms with Gasteiger partial charge in [0.2, 0.25) is 0 Å². The Balaban J connectivity index is 2.31. The zero-order chi connectivity index (χ0) is 14.3. The molecule has 0 spiro atoms. The van der Waals surface area contributed by atoms with Gasteiger partial charge in [0.15, 0.2) is 0 Å². The van der Waals surface area contributed by atoms with Crippen LogP contribution in [0.25, 0.3) is 0 Å². The minimum absolute atomic E-state index is 0.123. The number of carboxylic acid groups (broad SMARTS) is 1. The minimum Gasteiger partial charge on any atom is -0.481 e. The van der Waals surface area contributed by atoms with Gasteiger partial charge in [-0.3, -0.25) is 4.79 Å². The maximum atomic E-state index is 11.5. The summed E-state index contributed by atoms with van der Waals surface area (Å²) in [5, 5.41) is 14.7. The highest BCUT2D eigenvalue weighted by Gasteiger charge is 2.15. The summed E-state index contributed by atoms with van der Waals surface area (Å²) < 4.78 is 0. The molecule has 1 unspecified atom stereocenters. The van der Waals surface area contributed by atoms with Gasteiger partial charge in [-0.05, 0) is 24.1 Å². The number of urea groups is 1. The normalized spacial score (nSPS) is 11.7. The number of carboxylic acids is 1. The van der Waals surface area contributed by atoms with E-state index in [4.69, 9.17) is 16.7 Å². The van der Waals surface area contributed by atoms with Crippen LogP contribution in [0.15, 0.2) is 24.3 Å². The molecule has 0 aliphatic rings. The van der Waals surface area contributed by atoms with Crippen LogP contribution in [-0.4, -0.2) is 23.7 Å². The molecule has 6 heteroatoms. The number of nitrogens with one attached hydrogen (secondary N) is 2. The number of rotatable bonds is 6. The van der Waals surface area contributed by atoms with Crippen molar-refractivity contribution in [3.8, 4) is 0 Å². The smallest absolute Gasteiger partial charge is 0.315 e. The van der Waals surface area contributed by atoms with Crippen LogP contribution in [0.4, 0.5) is 4.79 Å². The summed E-state index contributed by atoms with van der Waals surface area (Å²) in [6, 6.07) is 6.74. The lowest BCUT2D eigenvalue weighted by molar-refractivity contribution is -0.141. The van der Waals surface area contributed by atoms with E-state index in [0.29, 0.717) is 18.0 Å². The molecule has 5 nitrogen and oxygen atoms in total. The Hall–Kier alpha value is -1.75. The van der Waals surface area contributed by atoms with Crippen LogP contribution in [0.5, 0.6) is 0 Å². The summed E-state index contributed by atoms with van der Waals surface area (Å²) in [7, 11) is 0. The Morgan fingerprint density at radius 1 is 1.26 bits per heavy atom. The predicted octanol–water partition coefficient (Wildman–Crippen LogP) is 2.25. The molecule has 1 aromatic carbocycles. The lowest BCUT2D eigenvalue weighted by Gasteiger charge is -2.12. The number of amides is 2. The summed E-state index contributed by atoms with van der Waals surface area (Å²) in [5.41, 5.74) is 0.921. The van der Waals surface area contributed by atoms with E-state index in [1.165, 1.54) is 0 Å². The van der Waals surface area contributed by atoms with Crippen molar-refractivity contribution in [1.82, 2.24) is 10.6 Å². The Bertz CT molecular complexity index is 434. The van der Waals surface area contributed by atoms with Crippen LogP contribution in [0, 0.1) is 5.92 Å². The first-order chi connectivity index (χ1) is 9.02. The molecule has 0 bridgehead atoms. The van der Waals surface area contributed by atoms with Crippen molar-refractivity contribution in [3.05, 3.63) is 34.9 Å². The highest BCUT2D eigenvalue weighted by molar-refractivity contribution is 6.30. The number of aliphatic carboxylic acids is 1. The average molecular weight is 285 g/mol. The van der Waals surface area contributed by atoms with Gasteiger partial charge in [-0.1, -0.05) is 30.7 Å². The second kappa shape index (κ2) is 7.63. The maximum Gasteiger partial charge on any atom is 0.315 e. The van der Waals surface area contributed by atoms with E-state index in [-0.39, 0.29) is 12.6 Å². The van der Waals surface area contributed by atoms with E-state index in [9.17, 15) is 9.59 Å². The highest BCUT2D eigenvalue weighted by Crippen LogP contribution is 2.09. The quantitative estimate of drug-likeness (QED) is 0.750. The summed E-state index contributed by atoms with van der Waals surface area (Å²) in [4.78, 5) is 22.3. The van der Waals surface area contributed by atoms with Crippen LogP contribution >= 0.6 is 11.6 Å².